The Bertz CT molecular complexity index is 639. The number of nitrogens with zero attached hydrogens (tertiary/aromatic N) is 2. The van der Waals surface area contributed by atoms with Crippen molar-refractivity contribution < 1.29 is 5.21 Å². The number of oxime groups is 1. The average molecular weight is 236 g/mol. The van der Waals surface area contributed by atoms with Crippen LogP contribution in [0.2, 0.25) is 0 Å². The molecule has 18 heavy (non-hydrogen) atoms. The highest BCUT2D eigenvalue weighted by Crippen LogP contribution is 2.22. The quantitative estimate of drug-likeness (QED) is 0.494. The molecule has 0 fully saturated rings. The fourth-order valence-electron chi connectivity index (χ4n) is 1.83. The summed E-state index contributed by atoms with van der Waals surface area (Å²) in [7, 11) is 0. The highest BCUT2D eigenvalue weighted by molar-refractivity contribution is 5.83. The molecule has 0 aromatic heterocycles. The number of rotatable bonds is 2. The van der Waals surface area contributed by atoms with E-state index in [0.717, 1.165) is 22.3 Å². The Morgan fingerprint density at radius 3 is 2.61 bits per heavy atom. The van der Waals surface area contributed by atoms with Gasteiger partial charge in [-0.3, -0.25) is 0 Å². The van der Waals surface area contributed by atoms with Gasteiger partial charge in [-0.1, -0.05) is 35.5 Å². The van der Waals surface area contributed by atoms with Crippen molar-refractivity contribution in [1.82, 2.24) is 0 Å². The van der Waals surface area contributed by atoms with Gasteiger partial charge in [0.2, 0.25) is 0 Å². The van der Waals surface area contributed by atoms with E-state index in [0.29, 0.717) is 5.56 Å². The highest BCUT2D eigenvalue weighted by Gasteiger charge is 2.02. The van der Waals surface area contributed by atoms with Crippen molar-refractivity contribution in [3.05, 3.63) is 59.2 Å². The summed E-state index contributed by atoms with van der Waals surface area (Å²) in [5, 5.41) is 20.4. The minimum atomic E-state index is 0.645. The molecule has 0 amide bonds. The van der Waals surface area contributed by atoms with Gasteiger partial charge in [0, 0.05) is 0 Å². The number of hydrogen-bond donors (Lipinski definition) is 1. The second-order valence-electron chi connectivity index (χ2n) is 4.01. The van der Waals surface area contributed by atoms with Crippen LogP contribution >= 0.6 is 0 Å². The summed E-state index contributed by atoms with van der Waals surface area (Å²) in [6, 6.07) is 15.4. The molecule has 0 aliphatic carbocycles. The fourth-order valence-corrected chi connectivity index (χ4v) is 1.83. The summed E-state index contributed by atoms with van der Waals surface area (Å²) in [6.45, 7) is 1.95. The van der Waals surface area contributed by atoms with Crippen molar-refractivity contribution in [1.29, 1.82) is 5.26 Å². The number of aryl methyl sites for hydroxylation is 1. The zero-order valence-electron chi connectivity index (χ0n) is 9.96. The first kappa shape index (κ1) is 11.9. The largest absolute Gasteiger partial charge is 0.411 e. The molecule has 0 saturated carbocycles. The van der Waals surface area contributed by atoms with Gasteiger partial charge in [0.25, 0.3) is 0 Å². The maximum absolute atomic E-state index is 8.88. The van der Waals surface area contributed by atoms with Crippen LogP contribution in [0.4, 0.5) is 0 Å². The molecule has 0 atom stereocenters. The summed E-state index contributed by atoms with van der Waals surface area (Å²) in [5.41, 5.74) is 4.58. The topological polar surface area (TPSA) is 56.4 Å². The van der Waals surface area contributed by atoms with Crippen molar-refractivity contribution >= 4 is 6.21 Å². The lowest BCUT2D eigenvalue weighted by Gasteiger charge is -2.05. The third-order valence-corrected chi connectivity index (χ3v) is 2.79. The second kappa shape index (κ2) is 5.15. The maximum atomic E-state index is 8.88. The first-order valence-corrected chi connectivity index (χ1v) is 5.53. The van der Waals surface area contributed by atoms with Crippen LogP contribution in [0.3, 0.4) is 0 Å². The minimum absolute atomic E-state index is 0.645. The molecule has 0 heterocycles. The van der Waals surface area contributed by atoms with Crippen molar-refractivity contribution in [3.8, 4) is 17.2 Å². The first-order valence-electron chi connectivity index (χ1n) is 5.53. The zero-order valence-corrected chi connectivity index (χ0v) is 9.96. The van der Waals surface area contributed by atoms with Crippen LogP contribution in [-0.4, -0.2) is 11.4 Å². The summed E-state index contributed by atoms with van der Waals surface area (Å²) in [5.74, 6) is 0. The van der Waals surface area contributed by atoms with Gasteiger partial charge < -0.3 is 5.21 Å². The average Bonchev–Trinajstić information content (AvgIpc) is 2.41. The molecule has 2 aromatic rings. The van der Waals surface area contributed by atoms with E-state index in [1.165, 1.54) is 6.21 Å². The molecule has 0 saturated heterocycles. The highest BCUT2D eigenvalue weighted by atomic mass is 16.4. The first-order chi connectivity index (χ1) is 8.74. The Hall–Kier alpha value is -2.60. The van der Waals surface area contributed by atoms with Crippen molar-refractivity contribution in [2.45, 2.75) is 6.92 Å². The van der Waals surface area contributed by atoms with E-state index < -0.39 is 0 Å². The van der Waals surface area contributed by atoms with E-state index in [1.807, 2.05) is 43.3 Å². The molecule has 0 bridgehead atoms. The van der Waals surface area contributed by atoms with Gasteiger partial charge >= 0.3 is 0 Å². The SMILES string of the molecule is Cc1cc(-c2cccc(C#N)c2)ccc1/C=N/O. The molecule has 0 radical (unpaired) electrons. The molecular weight excluding hydrogens is 224 g/mol. The normalized spacial score (nSPS) is 10.4. The van der Waals surface area contributed by atoms with Crippen molar-refractivity contribution in [2.24, 2.45) is 5.16 Å². The molecule has 3 heteroatoms. The Balaban J connectivity index is 2.46. The molecule has 2 rings (SSSR count). The van der Waals surface area contributed by atoms with E-state index in [9.17, 15) is 0 Å². The summed E-state index contributed by atoms with van der Waals surface area (Å²) in [4.78, 5) is 0. The Morgan fingerprint density at radius 1 is 1.17 bits per heavy atom. The van der Waals surface area contributed by atoms with Gasteiger partial charge in [-0.2, -0.15) is 5.26 Å². The lowest BCUT2D eigenvalue weighted by molar-refractivity contribution is 0.322. The monoisotopic (exact) mass is 236 g/mol. The maximum Gasteiger partial charge on any atom is 0.0991 e. The van der Waals surface area contributed by atoms with Gasteiger partial charge in [-0.15, -0.1) is 0 Å². The van der Waals surface area contributed by atoms with E-state index in [1.54, 1.807) is 6.07 Å². The van der Waals surface area contributed by atoms with Crippen LogP contribution in [0.5, 0.6) is 0 Å². The van der Waals surface area contributed by atoms with Gasteiger partial charge in [0.1, 0.15) is 0 Å². The smallest absolute Gasteiger partial charge is 0.0991 e. The van der Waals surface area contributed by atoms with Crippen LogP contribution in [-0.2, 0) is 0 Å². The summed E-state index contributed by atoms with van der Waals surface area (Å²) < 4.78 is 0. The second-order valence-corrected chi connectivity index (χ2v) is 4.01. The lowest BCUT2D eigenvalue weighted by Crippen LogP contribution is -1.88. The molecule has 2 aromatic carbocycles. The predicted molar refractivity (Wildman–Crippen MR) is 70.7 cm³/mol. The van der Waals surface area contributed by atoms with Crippen LogP contribution in [0, 0.1) is 18.3 Å². The van der Waals surface area contributed by atoms with Gasteiger partial charge in [0.05, 0.1) is 17.8 Å². The molecule has 0 unspecified atom stereocenters. The number of benzene rings is 2. The molecule has 0 aliphatic heterocycles. The van der Waals surface area contributed by atoms with Crippen LogP contribution in [0.15, 0.2) is 47.6 Å². The predicted octanol–water partition coefficient (Wildman–Crippen LogP) is 3.34. The standard InChI is InChI=1S/C15H12N2O/c1-11-7-14(5-6-15(11)10-17-18)13-4-2-3-12(8-13)9-16/h2-8,10,18H,1H3/b17-10+. The van der Waals surface area contributed by atoms with Gasteiger partial charge in [-0.25, -0.2) is 0 Å². The zero-order chi connectivity index (χ0) is 13.0. The van der Waals surface area contributed by atoms with Crippen molar-refractivity contribution in [2.75, 3.05) is 0 Å². The third-order valence-electron chi connectivity index (χ3n) is 2.79. The number of nitriles is 1. The molecule has 1 N–H and O–H groups in total. The van der Waals surface area contributed by atoms with Gasteiger partial charge in [-0.05, 0) is 41.3 Å². The van der Waals surface area contributed by atoms with Crippen molar-refractivity contribution in [3.63, 3.8) is 0 Å². The lowest BCUT2D eigenvalue weighted by atomic mass is 9.99. The van der Waals surface area contributed by atoms with Crippen LogP contribution in [0.25, 0.3) is 11.1 Å². The molecule has 88 valence electrons. The number of hydrogen-bond acceptors (Lipinski definition) is 3. The molecule has 0 spiro atoms. The Morgan fingerprint density at radius 2 is 1.94 bits per heavy atom. The summed E-state index contributed by atoms with van der Waals surface area (Å²) >= 11 is 0. The van der Waals surface area contributed by atoms with Gasteiger partial charge in [0.15, 0.2) is 0 Å². The van der Waals surface area contributed by atoms with Crippen LogP contribution in [0.1, 0.15) is 16.7 Å². The fraction of sp³-hybridized carbons (Fsp3) is 0.0667. The molecular formula is C15H12N2O. The van der Waals surface area contributed by atoms with Crippen LogP contribution < -0.4 is 0 Å². The molecule has 3 nitrogen and oxygen atoms in total. The molecule has 0 aliphatic rings. The van der Waals surface area contributed by atoms with E-state index in [4.69, 9.17) is 10.5 Å². The van der Waals surface area contributed by atoms with E-state index >= 15 is 0 Å². The Kier molecular flexibility index (Phi) is 3.40. The summed E-state index contributed by atoms with van der Waals surface area (Å²) in [6.07, 6.45) is 1.41. The minimum Gasteiger partial charge on any atom is -0.411 e. The Labute approximate surface area is 106 Å². The van der Waals surface area contributed by atoms with E-state index in [-0.39, 0.29) is 0 Å². The third kappa shape index (κ3) is 2.38. The van der Waals surface area contributed by atoms with E-state index in [2.05, 4.69) is 11.2 Å².